The Morgan fingerprint density at radius 1 is 1.12 bits per heavy atom. The molecule has 0 spiro atoms. The van der Waals surface area contributed by atoms with Crippen LogP contribution >= 0.6 is 23.2 Å². The first-order chi connectivity index (χ1) is 8.17. The van der Waals surface area contributed by atoms with Crippen molar-refractivity contribution in [3.05, 3.63) is 33.8 Å². The molecular formula is C14H21Cl2N. The quantitative estimate of drug-likeness (QED) is 0.759. The van der Waals surface area contributed by atoms with Gasteiger partial charge in [-0.15, -0.1) is 0 Å². The fourth-order valence-electron chi connectivity index (χ4n) is 2.02. The molecular weight excluding hydrogens is 253 g/mol. The van der Waals surface area contributed by atoms with E-state index in [0.717, 1.165) is 19.4 Å². The molecule has 0 fully saturated rings. The maximum Gasteiger partial charge on any atom is 0.0595 e. The maximum atomic E-state index is 6.00. The number of nitrogens with one attached hydrogen (secondary N) is 1. The van der Waals surface area contributed by atoms with Gasteiger partial charge in [0.1, 0.15) is 0 Å². The average Bonchev–Trinajstić information content (AvgIpc) is 2.31. The SMILES string of the molecule is CCCC(CCc1ccc(Cl)c(Cl)c1)NCC. The highest BCUT2D eigenvalue weighted by Gasteiger charge is 2.07. The first-order valence-corrected chi connectivity index (χ1v) is 7.10. The molecule has 0 bridgehead atoms. The van der Waals surface area contributed by atoms with E-state index in [1.54, 1.807) is 0 Å². The van der Waals surface area contributed by atoms with E-state index < -0.39 is 0 Å². The number of aryl methyl sites for hydroxylation is 1. The van der Waals surface area contributed by atoms with Crippen molar-refractivity contribution in [3.63, 3.8) is 0 Å². The van der Waals surface area contributed by atoms with Crippen LogP contribution in [0.1, 0.15) is 38.7 Å². The van der Waals surface area contributed by atoms with Gasteiger partial charge < -0.3 is 5.32 Å². The Morgan fingerprint density at radius 3 is 2.47 bits per heavy atom. The minimum atomic E-state index is 0.611. The molecule has 0 aliphatic heterocycles. The molecule has 0 saturated carbocycles. The molecule has 0 heterocycles. The van der Waals surface area contributed by atoms with E-state index in [-0.39, 0.29) is 0 Å². The molecule has 96 valence electrons. The summed E-state index contributed by atoms with van der Waals surface area (Å²) >= 11 is 11.9. The molecule has 0 saturated heterocycles. The van der Waals surface area contributed by atoms with E-state index in [1.165, 1.54) is 18.4 Å². The molecule has 1 unspecified atom stereocenters. The van der Waals surface area contributed by atoms with Crippen LogP contribution in [0.4, 0.5) is 0 Å². The zero-order valence-electron chi connectivity index (χ0n) is 10.6. The highest BCUT2D eigenvalue weighted by molar-refractivity contribution is 6.42. The van der Waals surface area contributed by atoms with Crippen LogP contribution in [0.25, 0.3) is 0 Å². The summed E-state index contributed by atoms with van der Waals surface area (Å²) in [5.74, 6) is 0. The molecule has 1 N–H and O–H groups in total. The number of benzene rings is 1. The van der Waals surface area contributed by atoms with E-state index in [0.29, 0.717) is 16.1 Å². The summed E-state index contributed by atoms with van der Waals surface area (Å²) in [6.45, 7) is 5.41. The molecule has 3 heteroatoms. The largest absolute Gasteiger partial charge is 0.314 e. The third-order valence-corrected chi connectivity index (χ3v) is 3.63. The van der Waals surface area contributed by atoms with Crippen LogP contribution in [0.3, 0.4) is 0 Å². The van der Waals surface area contributed by atoms with Crippen molar-refractivity contribution in [2.24, 2.45) is 0 Å². The molecule has 1 atom stereocenters. The Labute approximate surface area is 115 Å². The van der Waals surface area contributed by atoms with Crippen molar-refractivity contribution in [2.75, 3.05) is 6.54 Å². The lowest BCUT2D eigenvalue weighted by atomic mass is 10.0. The van der Waals surface area contributed by atoms with E-state index in [1.807, 2.05) is 12.1 Å². The van der Waals surface area contributed by atoms with Gasteiger partial charge >= 0.3 is 0 Å². The van der Waals surface area contributed by atoms with Gasteiger partial charge in [-0.25, -0.2) is 0 Å². The van der Waals surface area contributed by atoms with Crippen LogP contribution in [0.5, 0.6) is 0 Å². The Bertz CT molecular complexity index is 333. The molecule has 0 radical (unpaired) electrons. The topological polar surface area (TPSA) is 12.0 Å². The van der Waals surface area contributed by atoms with Crippen LogP contribution in [-0.4, -0.2) is 12.6 Å². The van der Waals surface area contributed by atoms with Crippen molar-refractivity contribution < 1.29 is 0 Å². The van der Waals surface area contributed by atoms with Crippen molar-refractivity contribution in [2.45, 2.75) is 45.6 Å². The van der Waals surface area contributed by atoms with E-state index >= 15 is 0 Å². The second-order valence-electron chi connectivity index (χ2n) is 4.33. The lowest BCUT2D eigenvalue weighted by molar-refractivity contribution is 0.460. The molecule has 1 aromatic carbocycles. The van der Waals surface area contributed by atoms with E-state index in [9.17, 15) is 0 Å². The zero-order valence-corrected chi connectivity index (χ0v) is 12.1. The number of hydrogen-bond donors (Lipinski definition) is 1. The van der Waals surface area contributed by atoms with Gasteiger partial charge in [-0.05, 0) is 43.5 Å². The van der Waals surface area contributed by atoms with Gasteiger partial charge in [0.05, 0.1) is 10.0 Å². The van der Waals surface area contributed by atoms with Crippen molar-refractivity contribution in [1.82, 2.24) is 5.32 Å². The summed E-state index contributed by atoms with van der Waals surface area (Å²) in [6, 6.07) is 6.52. The van der Waals surface area contributed by atoms with Gasteiger partial charge in [-0.2, -0.15) is 0 Å². The van der Waals surface area contributed by atoms with Crippen LogP contribution in [0, 0.1) is 0 Å². The molecule has 0 aliphatic rings. The van der Waals surface area contributed by atoms with E-state index in [4.69, 9.17) is 23.2 Å². The van der Waals surface area contributed by atoms with Crippen LogP contribution in [0.15, 0.2) is 18.2 Å². The van der Waals surface area contributed by atoms with Gasteiger partial charge in [0.2, 0.25) is 0 Å². The molecule has 0 aromatic heterocycles. The second-order valence-corrected chi connectivity index (χ2v) is 5.14. The fourth-order valence-corrected chi connectivity index (χ4v) is 2.34. The van der Waals surface area contributed by atoms with Gasteiger partial charge in [0.25, 0.3) is 0 Å². The summed E-state index contributed by atoms with van der Waals surface area (Å²) < 4.78 is 0. The van der Waals surface area contributed by atoms with Crippen LogP contribution < -0.4 is 5.32 Å². The zero-order chi connectivity index (χ0) is 12.7. The summed E-state index contributed by atoms with van der Waals surface area (Å²) in [5.41, 5.74) is 1.26. The summed E-state index contributed by atoms with van der Waals surface area (Å²) in [5, 5.41) is 4.80. The summed E-state index contributed by atoms with van der Waals surface area (Å²) in [7, 11) is 0. The maximum absolute atomic E-state index is 6.00. The Balaban J connectivity index is 2.49. The number of rotatable bonds is 7. The fraction of sp³-hybridized carbons (Fsp3) is 0.571. The molecule has 0 aliphatic carbocycles. The van der Waals surface area contributed by atoms with Gasteiger partial charge in [-0.3, -0.25) is 0 Å². The first-order valence-electron chi connectivity index (χ1n) is 6.34. The minimum Gasteiger partial charge on any atom is -0.314 e. The molecule has 0 amide bonds. The van der Waals surface area contributed by atoms with Gasteiger partial charge in [0.15, 0.2) is 0 Å². The first kappa shape index (κ1) is 14.8. The molecule has 17 heavy (non-hydrogen) atoms. The van der Waals surface area contributed by atoms with Crippen LogP contribution in [-0.2, 0) is 6.42 Å². The Morgan fingerprint density at radius 2 is 1.88 bits per heavy atom. The predicted molar refractivity (Wildman–Crippen MR) is 77.2 cm³/mol. The average molecular weight is 274 g/mol. The highest BCUT2D eigenvalue weighted by atomic mass is 35.5. The van der Waals surface area contributed by atoms with Gasteiger partial charge in [0, 0.05) is 6.04 Å². The second kappa shape index (κ2) is 7.97. The predicted octanol–water partition coefficient (Wildman–Crippen LogP) is 4.70. The normalized spacial score (nSPS) is 12.7. The highest BCUT2D eigenvalue weighted by Crippen LogP contribution is 2.23. The van der Waals surface area contributed by atoms with Crippen LogP contribution in [0.2, 0.25) is 10.0 Å². The van der Waals surface area contributed by atoms with Crippen molar-refractivity contribution >= 4 is 23.2 Å². The Kier molecular flexibility index (Phi) is 6.94. The molecule has 1 aromatic rings. The molecule has 1 rings (SSSR count). The lowest BCUT2D eigenvalue weighted by Gasteiger charge is -2.17. The monoisotopic (exact) mass is 273 g/mol. The van der Waals surface area contributed by atoms with Gasteiger partial charge in [-0.1, -0.05) is 49.5 Å². The molecule has 1 nitrogen and oxygen atoms in total. The minimum absolute atomic E-state index is 0.611. The Hall–Kier alpha value is -0.240. The smallest absolute Gasteiger partial charge is 0.0595 e. The lowest BCUT2D eigenvalue weighted by Crippen LogP contribution is -2.29. The van der Waals surface area contributed by atoms with E-state index in [2.05, 4.69) is 25.2 Å². The van der Waals surface area contributed by atoms with Crippen molar-refractivity contribution in [3.8, 4) is 0 Å². The standard InChI is InChI=1S/C14H21Cl2N/c1-3-5-12(17-4-2)8-6-11-7-9-13(15)14(16)10-11/h7,9-10,12,17H,3-6,8H2,1-2H3. The summed E-state index contributed by atoms with van der Waals surface area (Å²) in [6.07, 6.45) is 4.66. The number of hydrogen-bond acceptors (Lipinski definition) is 1. The summed E-state index contributed by atoms with van der Waals surface area (Å²) in [4.78, 5) is 0. The number of halogens is 2. The third-order valence-electron chi connectivity index (χ3n) is 2.90. The van der Waals surface area contributed by atoms with Crippen molar-refractivity contribution in [1.29, 1.82) is 0 Å². The third kappa shape index (κ3) is 5.29.